The van der Waals surface area contributed by atoms with Gasteiger partial charge in [-0.25, -0.2) is 15.0 Å². The minimum Gasteiger partial charge on any atom is -0.393 e. The number of nitrogens with zero attached hydrogens (tertiary/aromatic N) is 4. The molecule has 0 saturated heterocycles. The molecule has 4 heterocycles. The SMILES string of the molecule is Cc1sc(C(=O)c2cncnc2N[C@@H]2C[C@H](CNS(=O)(=O)O)[C@@H](O)C2)cc1[C@@H]1OCCn2cc(C(F)(F)F)nc21. The zero-order valence-electron chi connectivity index (χ0n) is 20.9. The summed E-state index contributed by atoms with van der Waals surface area (Å²) in [6, 6.07) is 1.24. The Morgan fingerprint density at radius 1 is 1.32 bits per heavy atom. The van der Waals surface area contributed by atoms with Crippen LogP contribution in [0.25, 0.3) is 0 Å². The Kier molecular flexibility index (Phi) is 7.71. The first-order valence-electron chi connectivity index (χ1n) is 12.2. The fraction of sp³-hybridized carbons (Fsp3) is 0.478. The minimum atomic E-state index is -4.60. The van der Waals surface area contributed by atoms with E-state index in [0.717, 1.165) is 17.5 Å². The number of fused-ring (bicyclic) bond motifs is 1. The molecular formula is C23H25F3N6O6S2. The van der Waals surface area contributed by atoms with Crippen molar-refractivity contribution in [1.29, 1.82) is 0 Å². The van der Waals surface area contributed by atoms with Gasteiger partial charge in [0.15, 0.2) is 5.69 Å². The van der Waals surface area contributed by atoms with Gasteiger partial charge in [0.1, 0.15) is 24.1 Å². The molecule has 0 spiro atoms. The summed E-state index contributed by atoms with van der Waals surface area (Å²) in [7, 11) is -4.40. The van der Waals surface area contributed by atoms with E-state index in [1.165, 1.54) is 17.1 Å². The number of nitrogens with one attached hydrogen (secondary N) is 2. The van der Waals surface area contributed by atoms with Crippen LogP contribution in [-0.2, 0) is 27.8 Å². The van der Waals surface area contributed by atoms with Crippen molar-refractivity contribution in [3.63, 3.8) is 0 Å². The average molecular weight is 603 g/mol. The Morgan fingerprint density at radius 2 is 2.10 bits per heavy atom. The number of rotatable bonds is 8. The van der Waals surface area contributed by atoms with Gasteiger partial charge in [0, 0.05) is 47.9 Å². The van der Waals surface area contributed by atoms with Crippen molar-refractivity contribution >= 4 is 33.2 Å². The number of alkyl halides is 3. The number of ether oxygens (including phenoxy) is 1. The van der Waals surface area contributed by atoms with Crippen LogP contribution in [0.3, 0.4) is 0 Å². The highest BCUT2D eigenvalue weighted by molar-refractivity contribution is 7.83. The maximum absolute atomic E-state index is 13.5. The van der Waals surface area contributed by atoms with E-state index in [0.29, 0.717) is 21.7 Å². The molecule has 12 nitrogen and oxygen atoms in total. The molecule has 40 heavy (non-hydrogen) atoms. The van der Waals surface area contributed by atoms with E-state index in [1.807, 2.05) is 4.72 Å². The number of carbonyl (C=O) groups is 1. The van der Waals surface area contributed by atoms with Crippen LogP contribution in [0.4, 0.5) is 19.0 Å². The molecule has 216 valence electrons. The summed E-state index contributed by atoms with van der Waals surface area (Å²) >= 11 is 1.16. The number of thiophene rings is 1. The maximum Gasteiger partial charge on any atom is 0.434 e. The van der Waals surface area contributed by atoms with E-state index in [-0.39, 0.29) is 49.4 Å². The predicted octanol–water partition coefficient (Wildman–Crippen LogP) is 2.36. The standard InChI is InChI=1S/C23H25F3N6O6S2/c1-11-14(20-22-31-18(23(24,25)26)9-32(22)2-3-38-20)6-17(39-11)19(34)15-8-27-10-28-21(15)30-13-4-12(16(33)5-13)7-29-40(35,36)37/h6,8-10,12-13,16,20,29,33H,2-5,7H2,1H3,(H,27,28,30)(H,35,36,37)/t12-,13-,16+,20+/m1/s1. The Balaban J connectivity index is 1.35. The number of aliphatic hydroxyl groups is 1. The number of aliphatic hydroxyl groups excluding tert-OH is 1. The normalized spacial score (nSPS) is 23.2. The summed E-state index contributed by atoms with van der Waals surface area (Å²) in [6.07, 6.45) is -2.18. The lowest BCUT2D eigenvalue weighted by atomic mass is 10.1. The second-order valence-corrected chi connectivity index (χ2v) is 12.1. The van der Waals surface area contributed by atoms with E-state index < -0.39 is 46.1 Å². The molecule has 3 aromatic heterocycles. The fourth-order valence-electron chi connectivity index (χ4n) is 4.99. The van der Waals surface area contributed by atoms with Gasteiger partial charge in [-0.05, 0) is 25.8 Å². The Labute approximate surface area is 230 Å². The van der Waals surface area contributed by atoms with Gasteiger partial charge in [-0.15, -0.1) is 11.3 Å². The second-order valence-electron chi connectivity index (χ2n) is 9.63. The van der Waals surface area contributed by atoms with Crippen LogP contribution in [0.5, 0.6) is 0 Å². The number of carbonyl (C=O) groups excluding carboxylic acids is 1. The summed E-state index contributed by atoms with van der Waals surface area (Å²) in [5, 5.41) is 13.4. The third-order valence-corrected chi connectivity index (χ3v) is 8.49. The number of aryl methyl sites for hydroxylation is 1. The third-order valence-electron chi connectivity index (χ3n) is 6.89. The topological polar surface area (TPSA) is 169 Å². The van der Waals surface area contributed by atoms with Crippen LogP contribution in [-0.4, -0.2) is 68.7 Å². The molecule has 17 heteroatoms. The molecule has 4 atom stereocenters. The monoisotopic (exact) mass is 602 g/mol. The van der Waals surface area contributed by atoms with E-state index in [2.05, 4.69) is 20.3 Å². The predicted molar refractivity (Wildman–Crippen MR) is 135 cm³/mol. The van der Waals surface area contributed by atoms with Crippen molar-refractivity contribution in [2.24, 2.45) is 5.92 Å². The first kappa shape index (κ1) is 28.6. The van der Waals surface area contributed by atoms with Crippen LogP contribution in [0.15, 0.2) is 24.8 Å². The Bertz CT molecular complexity index is 1530. The van der Waals surface area contributed by atoms with E-state index >= 15 is 0 Å². The summed E-state index contributed by atoms with van der Waals surface area (Å²) in [5.74, 6) is -0.557. The lowest BCUT2D eigenvalue weighted by Crippen LogP contribution is -2.32. The number of hydrogen-bond donors (Lipinski definition) is 4. The van der Waals surface area contributed by atoms with Gasteiger partial charge in [0.25, 0.3) is 0 Å². The van der Waals surface area contributed by atoms with Crippen LogP contribution in [0, 0.1) is 12.8 Å². The number of hydrogen-bond acceptors (Lipinski definition) is 10. The van der Waals surface area contributed by atoms with Gasteiger partial charge in [-0.2, -0.15) is 26.3 Å². The molecule has 0 amide bonds. The first-order chi connectivity index (χ1) is 18.8. The van der Waals surface area contributed by atoms with Gasteiger partial charge in [-0.3, -0.25) is 9.35 Å². The molecule has 5 rings (SSSR count). The van der Waals surface area contributed by atoms with Crippen molar-refractivity contribution in [3.8, 4) is 0 Å². The molecule has 1 aliphatic heterocycles. The molecular weight excluding hydrogens is 577 g/mol. The highest BCUT2D eigenvalue weighted by atomic mass is 32.2. The van der Waals surface area contributed by atoms with Gasteiger partial charge in [0.2, 0.25) is 5.78 Å². The second kappa shape index (κ2) is 10.8. The fourth-order valence-corrected chi connectivity index (χ4v) is 6.41. The van der Waals surface area contributed by atoms with E-state index in [1.54, 1.807) is 13.0 Å². The molecule has 3 aromatic rings. The highest BCUT2D eigenvalue weighted by Gasteiger charge is 2.38. The third kappa shape index (κ3) is 6.03. The zero-order valence-corrected chi connectivity index (χ0v) is 22.6. The lowest BCUT2D eigenvalue weighted by Gasteiger charge is -2.24. The zero-order chi connectivity index (χ0) is 28.8. The van der Waals surface area contributed by atoms with Gasteiger partial charge < -0.3 is 19.7 Å². The van der Waals surface area contributed by atoms with Crippen molar-refractivity contribution in [2.45, 2.75) is 50.7 Å². The number of anilines is 1. The van der Waals surface area contributed by atoms with E-state index in [9.17, 15) is 31.5 Å². The number of imidazole rings is 1. The van der Waals surface area contributed by atoms with Crippen molar-refractivity contribution in [1.82, 2.24) is 24.2 Å². The summed E-state index contributed by atoms with van der Waals surface area (Å²) < 4.78 is 79.9. The maximum atomic E-state index is 13.5. The largest absolute Gasteiger partial charge is 0.434 e. The first-order valence-corrected chi connectivity index (χ1v) is 14.4. The van der Waals surface area contributed by atoms with Gasteiger partial charge in [0.05, 0.1) is 23.2 Å². The van der Waals surface area contributed by atoms with E-state index in [4.69, 9.17) is 9.29 Å². The summed E-state index contributed by atoms with van der Waals surface area (Å²) in [4.78, 5) is 26.4. The van der Waals surface area contributed by atoms with Crippen molar-refractivity contribution < 1.29 is 40.8 Å². The molecule has 0 radical (unpaired) electrons. The van der Waals surface area contributed by atoms with Crippen LogP contribution >= 0.6 is 11.3 Å². The molecule has 1 aliphatic carbocycles. The molecule has 1 saturated carbocycles. The summed E-state index contributed by atoms with van der Waals surface area (Å²) in [5.41, 5.74) is -0.324. The number of halogens is 3. The minimum absolute atomic E-state index is 0.113. The number of aromatic nitrogens is 4. The smallest absolute Gasteiger partial charge is 0.393 e. The van der Waals surface area contributed by atoms with Crippen LogP contribution in [0.1, 0.15) is 56.1 Å². The van der Waals surface area contributed by atoms with Crippen molar-refractivity contribution in [3.05, 3.63) is 57.2 Å². The molecule has 2 aliphatic rings. The average Bonchev–Trinajstić information content (AvgIpc) is 3.58. The van der Waals surface area contributed by atoms with Gasteiger partial charge >= 0.3 is 16.5 Å². The highest BCUT2D eigenvalue weighted by Crippen LogP contribution is 2.38. The molecule has 4 N–H and O–H groups in total. The quantitative estimate of drug-likeness (QED) is 0.222. The van der Waals surface area contributed by atoms with Crippen LogP contribution in [0.2, 0.25) is 0 Å². The lowest BCUT2D eigenvalue weighted by molar-refractivity contribution is -0.141. The molecule has 0 bridgehead atoms. The molecule has 0 aromatic carbocycles. The summed E-state index contributed by atoms with van der Waals surface area (Å²) in [6.45, 7) is 1.99. The number of ketones is 1. The Morgan fingerprint density at radius 3 is 2.83 bits per heavy atom. The molecule has 0 unspecified atom stereocenters. The molecule has 1 fully saturated rings. The van der Waals surface area contributed by atoms with Gasteiger partial charge in [-0.1, -0.05) is 0 Å². The Hall–Kier alpha value is -2.96. The van der Waals surface area contributed by atoms with Crippen molar-refractivity contribution in [2.75, 3.05) is 18.5 Å². The van der Waals surface area contributed by atoms with Crippen LogP contribution < -0.4 is 10.0 Å².